The Labute approximate surface area is 377 Å². The van der Waals surface area contributed by atoms with Crippen LogP contribution in [0.4, 0.5) is 0 Å². The van der Waals surface area contributed by atoms with Gasteiger partial charge in [0.05, 0.1) is 53.3 Å². The Morgan fingerprint density at radius 3 is 1.10 bits per heavy atom. The molecule has 0 aliphatic heterocycles. The van der Waals surface area contributed by atoms with Crippen LogP contribution in [0.5, 0.6) is 0 Å². The van der Waals surface area contributed by atoms with Crippen molar-refractivity contribution < 1.29 is 47.0 Å². The minimum Gasteiger partial charge on any atom is -0.481 e. The number of rotatable bonds is 0. The Kier molecular flexibility index (Phi) is 48.3. The fourth-order valence-corrected chi connectivity index (χ4v) is 4.45. The first kappa shape index (κ1) is 57.7. The molecule has 0 saturated carbocycles. The van der Waals surface area contributed by atoms with Crippen molar-refractivity contribution in [1.82, 2.24) is 15.0 Å². The summed E-state index contributed by atoms with van der Waals surface area (Å²) in [5, 5.41) is 14.7. The summed E-state index contributed by atoms with van der Waals surface area (Å²) in [7, 11) is 0. The molecule has 3 aromatic carbocycles. The van der Waals surface area contributed by atoms with Gasteiger partial charge in [0.15, 0.2) is 0 Å². The molecule has 262 valence electrons. The zero-order valence-electron chi connectivity index (χ0n) is 27.7. The molecule has 0 atom stereocenters. The number of alkyl halides is 3. The van der Waals surface area contributed by atoms with Crippen LogP contribution in [-0.2, 0) is 41.9 Å². The fourth-order valence-electron chi connectivity index (χ4n) is 2.41. The van der Waals surface area contributed by atoms with E-state index >= 15 is 0 Å². The molecule has 6 rings (SSSR count). The molecular formula is C33H40I4N4O2S3V2-2. The summed E-state index contributed by atoms with van der Waals surface area (Å²) in [6, 6.07) is 26.1. The molecule has 0 amide bonds. The van der Waals surface area contributed by atoms with Crippen molar-refractivity contribution in [3.05, 3.63) is 101 Å². The third kappa shape index (κ3) is 36.2. The van der Waals surface area contributed by atoms with Crippen LogP contribution in [0.15, 0.2) is 89.3 Å². The molecule has 0 saturated heterocycles. The van der Waals surface area contributed by atoms with Gasteiger partial charge in [-0.3, -0.25) is 9.22 Å². The Bertz CT molecular complexity index is 1330. The number of nitriles is 1. The van der Waals surface area contributed by atoms with Crippen molar-refractivity contribution in [1.29, 1.82) is 5.26 Å². The van der Waals surface area contributed by atoms with E-state index in [0.717, 1.165) is 23.5 Å². The van der Waals surface area contributed by atoms with Crippen molar-refractivity contribution in [3.8, 4) is 6.07 Å². The number of fused-ring (bicyclic) bond motifs is 3. The van der Waals surface area contributed by atoms with Crippen molar-refractivity contribution in [3.63, 3.8) is 0 Å². The smallest absolute Gasteiger partial charge is 0.300 e. The van der Waals surface area contributed by atoms with E-state index in [9.17, 15) is 0 Å². The van der Waals surface area contributed by atoms with Crippen LogP contribution in [0.25, 0.3) is 30.6 Å². The Hall–Kier alpha value is 0.379. The van der Waals surface area contributed by atoms with Crippen LogP contribution in [0.2, 0.25) is 0 Å². The van der Waals surface area contributed by atoms with Gasteiger partial charge in [0, 0.05) is 51.0 Å². The first-order valence-electron chi connectivity index (χ1n) is 13.5. The van der Waals surface area contributed by atoms with Crippen LogP contribution >= 0.6 is 124 Å². The summed E-state index contributed by atoms with van der Waals surface area (Å²) in [4.78, 5) is 21.4. The number of hydrogen-bond donors (Lipinski definition) is 1. The maximum absolute atomic E-state index is 9.00. The van der Waals surface area contributed by atoms with Gasteiger partial charge < -0.3 is 34.6 Å². The van der Waals surface area contributed by atoms with Gasteiger partial charge in [-0.15, -0.1) is 34.0 Å². The van der Waals surface area contributed by atoms with Crippen LogP contribution in [-0.4, -0.2) is 25.5 Å². The number of para-hydroxylation sites is 3. The zero-order chi connectivity index (χ0) is 35.8. The number of aromatic nitrogens is 3. The van der Waals surface area contributed by atoms with Crippen molar-refractivity contribution in [2.45, 2.75) is 47.9 Å². The predicted molar refractivity (Wildman–Crippen MR) is 240 cm³/mol. The Morgan fingerprint density at radius 1 is 0.771 bits per heavy atom. The van der Waals surface area contributed by atoms with Crippen LogP contribution in [0.3, 0.4) is 0 Å². The number of thiazole rings is 3. The minimum absolute atomic E-state index is 0. The van der Waals surface area contributed by atoms with Crippen LogP contribution < -0.4 is 0 Å². The van der Waals surface area contributed by atoms with Gasteiger partial charge in [-0.25, -0.2) is 15.0 Å². The number of benzene rings is 3. The second-order valence-corrected chi connectivity index (χ2v) is 23.8. The Balaban J connectivity index is -0.000000152. The standard InChI is InChI=1S/3C7H5NS.C2H3I3.C2H4I.C2H3N.C2H4O2.C2H6.C2H5.2V/c3*1-2-4-7-6(3-1)8-5-9-7;1-2(3,4)5;2*1-2-3;1-2(3)4;2*1-2;;/h3*1-5H;1H3;2H,1H3;1H3;1H3,(H,3,4);1-2H3;1H2,2H3;;/q;;;;-1;;;;-1;;. The molecule has 3 aromatic heterocycles. The van der Waals surface area contributed by atoms with Gasteiger partial charge in [0.25, 0.3) is 5.97 Å². The second-order valence-electron chi connectivity index (χ2n) is 7.20. The SMILES string of the molecule is CC.CC#N.CC(=O)O.CC(I)(I)I.C[CH-]I.[CH2-]C.[V].[V].c1ccc2scnc2c1.c1ccc2scnc2c1.c1ccc2scnc2c1. The molecule has 1 N–H and O–H groups in total. The number of halogens is 4. The maximum Gasteiger partial charge on any atom is 0.300 e. The number of carboxylic acids is 1. The van der Waals surface area contributed by atoms with Crippen LogP contribution in [0.1, 0.15) is 48.5 Å². The largest absolute Gasteiger partial charge is 0.481 e. The van der Waals surface area contributed by atoms with Crippen molar-refractivity contribution in [2.75, 3.05) is 0 Å². The summed E-state index contributed by atoms with van der Waals surface area (Å²) >= 11 is 14.2. The van der Waals surface area contributed by atoms with E-state index in [1.165, 1.54) is 21.0 Å². The third-order valence-corrected chi connectivity index (χ3v) is 6.14. The van der Waals surface area contributed by atoms with Gasteiger partial charge in [-0.05, 0) is 43.3 Å². The molecule has 0 spiro atoms. The van der Waals surface area contributed by atoms with Crippen molar-refractivity contribution >= 4 is 161 Å². The van der Waals surface area contributed by atoms with Gasteiger partial charge in [0.2, 0.25) is 0 Å². The molecule has 0 unspecified atom stereocenters. The average Bonchev–Trinajstić information content (AvgIpc) is 3.80. The summed E-state index contributed by atoms with van der Waals surface area (Å²) < 4.78 is 6.16. The van der Waals surface area contributed by atoms with Gasteiger partial charge >= 0.3 is 0 Å². The minimum atomic E-state index is -0.833. The molecule has 3 heterocycles. The molecular weight excluding hydrogens is 1190 g/mol. The number of hydrogen-bond acceptors (Lipinski definition) is 8. The summed E-state index contributed by atoms with van der Waals surface area (Å²) in [5.41, 5.74) is 8.90. The van der Waals surface area contributed by atoms with Gasteiger partial charge in [-0.1, -0.05) is 118 Å². The van der Waals surface area contributed by atoms with E-state index in [1.54, 1.807) is 47.0 Å². The summed E-state index contributed by atoms with van der Waals surface area (Å²) in [6.45, 7) is 15.6. The molecule has 0 fully saturated rings. The zero-order valence-corrected chi connectivity index (χ0v) is 41.6. The van der Waals surface area contributed by atoms with E-state index in [1.807, 2.05) is 96.3 Å². The topological polar surface area (TPSA) is 99.8 Å². The monoisotopic (exact) mass is 1230 g/mol. The molecule has 6 aromatic rings. The van der Waals surface area contributed by atoms with Gasteiger partial charge in [0.1, 0.15) is -0.565 Å². The third-order valence-electron chi connectivity index (χ3n) is 3.71. The van der Waals surface area contributed by atoms with E-state index in [0.29, 0.717) is -0.565 Å². The Morgan fingerprint density at radius 2 is 0.938 bits per heavy atom. The van der Waals surface area contributed by atoms with E-state index in [-0.39, 0.29) is 37.1 Å². The predicted octanol–water partition coefficient (Wildman–Crippen LogP) is 13.9. The molecule has 2 radical (unpaired) electrons. The van der Waals surface area contributed by atoms with Crippen molar-refractivity contribution in [2.24, 2.45) is 0 Å². The molecule has 48 heavy (non-hydrogen) atoms. The number of carbonyl (C=O) groups is 1. The number of aliphatic carboxylic acids is 1. The fraction of sp³-hybridized carbons (Fsp3) is 0.242. The van der Waals surface area contributed by atoms with E-state index in [2.05, 4.69) is 137 Å². The molecule has 15 heteroatoms. The quantitative estimate of drug-likeness (QED) is 0.0924. The molecule has 0 aliphatic rings. The first-order chi connectivity index (χ1) is 22.0. The molecule has 0 bridgehead atoms. The van der Waals surface area contributed by atoms with E-state index < -0.39 is 5.97 Å². The maximum atomic E-state index is 9.00. The average molecular weight is 1230 g/mol. The normalized spacial score (nSPS) is 8.31. The van der Waals surface area contributed by atoms with E-state index in [4.69, 9.17) is 15.2 Å². The molecule has 6 nitrogen and oxygen atoms in total. The first-order valence-corrected chi connectivity index (χ1v) is 20.6. The molecule has 0 aliphatic carbocycles. The van der Waals surface area contributed by atoms with Crippen LogP contribution in [0, 0.1) is 22.7 Å². The summed E-state index contributed by atoms with van der Waals surface area (Å²) in [6.07, 6.45) is 0. The number of carboxylic acid groups (broad SMARTS) is 1. The van der Waals surface area contributed by atoms with Gasteiger partial charge in [-0.2, -0.15) is 19.1 Å². The summed E-state index contributed by atoms with van der Waals surface area (Å²) in [5.74, 6) is -0.833. The number of nitrogens with zero attached hydrogens (tertiary/aromatic N) is 4. The second kappa shape index (κ2) is 40.2.